The molecule has 3 aromatic heterocycles. The van der Waals surface area contributed by atoms with Crippen molar-refractivity contribution in [3.63, 3.8) is 0 Å². The molecule has 0 atom stereocenters. The summed E-state index contributed by atoms with van der Waals surface area (Å²) in [6.07, 6.45) is 1.53. The van der Waals surface area contributed by atoms with Crippen molar-refractivity contribution in [1.82, 2.24) is 10.1 Å². The highest BCUT2D eigenvalue weighted by molar-refractivity contribution is 7.15. The fraction of sp³-hybridized carbons (Fsp3) is 0.154. The van der Waals surface area contributed by atoms with Gasteiger partial charge in [-0.05, 0) is 26.0 Å². The van der Waals surface area contributed by atoms with Crippen LogP contribution in [0.4, 0.5) is 5.13 Å². The van der Waals surface area contributed by atoms with Gasteiger partial charge in [-0.15, -0.1) is 11.3 Å². The van der Waals surface area contributed by atoms with Gasteiger partial charge in [-0.25, -0.2) is 4.98 Å². The molecular weight excluding hydrogens is 278 g/mol. The largest absolute Gasteiger partial charge is 0.461 e. The Bertz CT molecular complexity index is 723. The van der Waals surface area contributed by atoms with Crippen LogP contribution in [0.3, 0.4) is 0 Å². The standard InChI is InChI=1S/C13H11N3O3S/c1-7-8(2)20-13(14-7)15-12(17)9-6-11(19-16-9)10-4-3-5-18-10/h3-6H,1-2H3,(H,14,15,17). The number of aryl methyl sites for hydroxylation is 2. The molecule has 0 spiro atoms. The molecule has 1 amide bonds. The van der Waals surface area contributed by atoms with E-state index in [1.54, 1.807) is 12.1 Å². The third kappa shape index (κ3) is 2.35. The van der Waals surface area contributed by atoms with Crippen molar-refractivity contribution < 1.29 is 13.7 Å². The number of anilines is 1. The van der Waals surface area contributed by atoms with Crippen LogP contribution in [0.5, 0.6) is 0 Å². The second-order valence-corrected chi connectivity index (χ2v) is 5.37. The summed E-state index contributed by atoms with van der Waals surface area (Å²) in [6.45, 7) is 3.85. The lowest BCUT2D eigenvalue weighted by Gasteiger charge is -1.95. The van der Waals surface area contributed by atoms with Crippen LogP contribution in [-0.2, 0) is 0 Å². The van der Waals surface area contributed by atoms with Gasteiger partial charge >= 0.3 is 0 Å². The van der Waals surface area contributed by atoms with E-state index in [1.807, 2.05) is 13.8 Å². The molecule has 0 radical (unpaired) electrons. The average Bonchev–Trinajstić information content (AvgIpc) is 3.12. The molecule has 0 saturated carbocycles. The normalized spacial score (nSPS) is 10.7. The molecule has 1 N–H and O–H groups in total. The smallest absolute Gasteiger partial charge is 0.279 e. The lowest BCUT2D eigenvalue weighted by Crippen LogP contribution is -2.11. The highest BCUT2D eigenvalue weighted by atomic mass is 32.1. The summed E-state index contributed by atoms with van der Waals surface area (Å²) in [7, 11) is 0. The van der Waals surface area contributed by atoms with Gasteiger partial charge < -0.3 is 8.94 Å². The minimum Gasteiger partial charge on any atom is -0.461 e. The first-order chi connectivity index (χ1) is 9.63. The Morgan fingerprint density at radius 2 is 2.20 bits per heavy atom. The van der Waals surface area contributed by atoms with E-state index >= 15 is 0 Å². The second kappa shape index (κ2) is 4.93. The van der Waals surface area contributed by atoms with Crippen LogP contribution in [0.2, 0.25) is 0 Å². The first kappa shape index (κ1) is 12.6. The van der Waals surface area contributed by atoms with Gasteiger partial charge in [0.05, 0.1) is 12.0 Å². The summed E-state index contributed by atoms with van der Waals surface area (Å²) in [6, 6.07) is 5.00. The minimum absolute atomic E-state index is 0.182. The van der Waals surface area contributed by atoms with Crippen molar-refractivity contribution >= 4 is 22.4 Å². The monoisotopic (exact) mass is 289 g/mol. The SMILES string of the molecule is Cc1nc(NC(=O)c2cc(-c3ccco3)on2)sc1C. The van der Waals surface area contributed by atoms with E-state index in [9.17, 15) is 4.79 Å². The predicted molar refractivity (Wildman–Crippen MR) is 73.7 cm³/mol. The first-order valence-corrected chi connectivity index (χ1v) is 6.71. The Kier molecular flexibility index (Phi) is 3.11. The zero-order chi connectivity index (χ0) is 14.1. The molecule has 102 valence electrons. The van der Waals surface area contributed by atoms with Gasteiger partial charge in [0.25, 0.3) is 5.91 Å². The molecule has 0 aliphatic rings. The highest BCUT2D eigenvalue weighted by Gasteiger charge is 2.16. The summed E-state index contributed by atoms with van der Waals surface area (Å²) >= 11 is 1.42. The van der Waals surface area contributed by atoms with Crippen LogP contribution < -0.4 is 5.32 Å². The van der Waals surface area contributed by atoms with Gasteiger partial charge in [0.15, 0.2) is 16.6 Å². The van der Waals surface area contributed by atoms with E-state index in [0.717, 1.165) is 10.6 Å². The fourth-order valence-corrected chi connectivity index (χ4v) is 2.41. The van der Waals surface area contributed by atoms with E-state index in [2.05, 4.69) is 15.5 Å². The topological polar surface area (TPSA) is 81.2 Å². The number of carbonyl (C=O) groups is 1. The zero-order valence-electron chi connectivity index (χ0n) is 10.8. The summed E-state index contributed by atoms with van der Waals surface area (Å²) in [5, 5.41) is 6.97. The van der Waals surface area contributed by atoms with E-state index in [4.69, 9.17) is 8.94 Å². The van der Waals surface area contributed by atoms with Gasteiger partial charge in [0.2, 0.25) is 5.76 Å². The minimum atomic E-state index is -0.361. The molecule has 7 heteroatoms. The van der Waals surface area contributed by atoms with Crippen LogP contribution >= 0.6 is 11.3 Å². The third-order valence-corrected chi connectivity index (χ3v) is 3.74. The number of hydrogen-bond donors (Lipinski definition) is 1. The van der Waals surface area contributed by atoms with Crippen LogP contribution in [0.15, 0.2) is 33.4 Å². The Labute approximate surface area is 118 Å². The van der Waals surface area contributed by atoms with Crippen molar-refractivity contribution in [3.8, 4) is 11.5 Å². The Balaban J connectivity index is 1.77. The number of thiazole rings is 1. The molecule has 3 aromatic rings. The van der Waals surface area contributed by atoms with Crippen molar-refractivity contribution in [2.24, 2.45) is 0 Å². The van der Waals surface area contributed by atoms with E-state index < -0.39 is 0 Å². The number of rotatable bonds is 3. The number of carbonyl (C=O) groups excluding carboxylic acids is 1. The van der Waals surface area contributed by atoms with E-state index in [1.165, 1.54) is 23.7 Å². The van der Waals surface area contributed by atoms with Crippen molar-refractivity contribution in [2.45, 2.75) is 13.8 Å². The summed E-state index contributed by atoms with van der Waals surface area (Å²) in [5.74, 6) is 0.574. The number of nitrogens with zero attached hydrogens (tertiary/aromatic N) is 2. The third-order valence-electron chi connectivity index (χ3n) is 2.76. The molecule has 0 unspecified atom stereocenters. The van der Waals surface area contributed by atoms with Gasteiger partial charge in [-0.2, -0.15) is 0 Å². The molecule has 0 fully saturated rings. The lowest BCUT2D eigenvalue weighted by atomic mass is 10.3. The summed E-state index contributed by atoms with van der Waals surface area (Å²) in [4.78, 5) is 17.3. The molecule has 0 aromatic carbocycles. The van der Waals surface area contributed by atoms with Crippen molar-refractivity contribution in [3.05, 3.63) is 40.7 Å². The fourth-order valence-electron chi connectivity index (χ4n) is 1.60. The maximum atomic E-state index is 12.0. The number of nitrogens with one attached hydrogen (secondary N) is 1. The molecule has 0 bridgehead atoms. The molecule has 0 aliphatic carbocycles. The second-order valence-electron chi connectivity index (χ2n) is 4.17. The Morgan fingerprint density at radius 3 is 2.85 bits per heavy atom. The summed E-state index contributed by atoms with van der Waals surface area (Å²) in [5.41, 5.74) is 1.09. The van der Waals surface area contributed by atoms with Crippen LogP contribution in [0, 0.1) is 13.8 Å². The molecule has 3 rings (SSSR count). The molecule has 3 heterocycles. The van der Waals surface area contributed by atoms with Crippen LogP contribution in [0.1, 0.15) is 21.1 Å². The highest BCUT2D eigenvalue weighted by Crippen LogP contribution is 2.23. The maximum Gasteiger partial charge on any atom is 0.279 e. The zero-order valence-corrected chi connectivity index (χ0v) is 11.7. The molecular formula is C13H11N3O3S. The number of amides is 1. The van der Waals surface area contributed by atoms with Gasteiger partial charge in [0, 0.05) is 10.9 Å². The molecule has 0 aliphatic heterocycles. The molecule has 20 heavy (non-hydrogen) atoms. The maximum absolute atomic E-state index is 12.0. The Hall–Kier alpha value is -2.41. The number of aromatic nitrogens is 2. The van der Waals surface area contributed by atoms with E-state index in [-0.39, 0.29) is 11.6 Å². The van der Waals surface area contributed by atoms with Crippen LogP contribution in [0.25, 0.3) is 11.5 Å². The van der Waals surface area contributed by atoms with Gasteiger partial charge in [-0.1, -0.05) is 5.16 Å². The van der Waals surface area contributed by atoms with Crippen molar-refractivity contribution in [1.29, 1.82) is 0 Å². The quantitative estimate of drug-likeness (QED) is 0.800. The first-order valence-electron chi connectivity index (χ1n) is 5.89. The predicted octanol–water partition coefficient (Wildman–Crippen LogP) is 3.26. The molecule has 0 saturated heterocycles. The summed E-state index contributed by atoms with van der Waals surface area (Å²) < 4.78 is 10.2. The number of hydrogen-bond acceptors (Lipinski definition) is 6. The average molecular weight is 289 g/mol. The number of furan rings is 1. The van der Waals surface area contributed by atoms with Crippen molar-refractivity contribution in [2.75, 3.05) is 5.32 Å². The Morgan fingerprint density at radius 1 is 1.35 bits per heavy atom. The van der Waals surface area contributed by atoms with Crippen LogP contribution in [-0.4, -0.2) is 16.0 Å². The lowest BCUT2D eigenvalue weighted by molar-refractivity contribution is 0.101. The van der Waals surface area contributed by atoms with Gasteiger partial charge in [0.1, 0.15) is 0 Å². The van der Waals surface area contributed by atoms with E-state index in [0.29, 0.717) is 16.7 Å². The van der Waals surface area contributed by atoms with Gasteiger partial charge in [-0.3, -0.25) is 10.1 Å². The molecule has 6 nitrogen and oxygen atoms in total.